The number of rotatable bonds is 4. The Morgan fingerprint density at radius 1 is 1.55 bits per heavy atom. The van der Waals surface area contributed by atoms with Gasteiger partial charge in [-0.3, -0.25) is 15.0 Å². The summed E-state index contributed by atoms with van der Waals surface area (Å²) in [6.45, 7) is 4.51. The molecule has 2 rings (SSSR count). The molecule has 0 spiro atoms. The maximum atomic E-state index is 10.9. The molecule has 20 heavy (non-hydrogen) atoms. The Labute approximate surface area is 118 Å². The van der Waals surface area contributed by atoms with Crippen LogP contribution >= 0.6 is 0 Å². The Hall–Kier alpha value is -1.66. The normalized spacial score (nSPS) is 23.6. The van der Waals surface area contributed by atoms with E-state index in [9.17, 15) is 15.2 Å². The highest BCUT2D eigenvalue weighted by Gasteiger charge is 2.24. The second-order valence-corrected chi connectivity index (χ2v) is 5.43. The van der Waals surface area contributed by atoms with Crippen molar-refractivity contribution in [1.29, 1.82) is 0 Å². The summed E-state index contributed by atoms with van der Waals surface area (Å²) in [7, 11) is 1.69. The number of nitro groups is 1. The highest BCUT2D eigenvalue weighted by molar-refractivity contribution is 5.62. The van der Waals surface area contributed by atoms with E-state index in [4.69, 9.17) is 0 Å². The number of piperidine rings is 1. The number of aliphatic hydroxyl groups is 1. The topological polar surface area (TPSA) is 78.6 Å². The summed E-state index contributed by atoms with van der Waals surface area (Å²) in [5.41, 5.74) is 1.68. The summed E-state index contributed by atoms with van der Waals surface area (Å²) in [6.07, 6.45) is 0.573. The van der Waals surface area contributed by atoms with Crippen LogP contribution in [0.3, 0.4) is 0 Å². The van der Waals surface area contributed by atoms with Crippen LogP contribution in [0.2, 0.25) is 0 Å². The second kappa shape index (κ2) is 6.19. The summed E-state index contributed by atoms with van der Waals surface area (Å²) >= 11 is 0. The Kier molecular flexibility index (Phi) is 4.57. The minimum atomic E-state index is -0.380. The van der Waals surface area contributed by atoms with E-state index in [0.717, 1.165) is 31.6 Å². The van der Waals surface area contributed by atoms with Crippen molar-refractivity contribution in [3.63, 3.8) is 0 Å². The molecule has 0 radical (unpaired) electrons. The molecule has 6 heteroatoms. The second-order valence-electron chi connectivity index (χ2n) is 5.43. The van der Waals surface area contributed by atoms with E-state index in [2.05, 4.69) is 10.2 Å². The summed E-state index contributed by atoms with van der Waals surface area (Å²) in [5, 5.41) is 23.5. The molecule has 0 aromatic heterocycles. The van der Waals surface area contributed by atoms with Gasteiger partial charge in [-0.05, 0) is 24.0 Å². The van der Waals surface area contributed by atoms with Crippen molar-refractivity contribution >= 4 is 11.4 Å². The van der Waals surface area contributed by atoms with Gasteiger partial charge < -0.3 is 10.4 Å². The first-order valence-electron chi connectivity index (χ1n) is 6.86. The third kappa shape index (κ3) is 3.26. The number of nitro benzene ring substituents is 1. The number of aliphatic hydroxyl groups excluding tert-OH is 1. The zero-order valence-electron chi connectivity index (χ0n) is 11.9. The van der Waals surface area contributed by atoms with Crippen molar-refractivity contribution in [2.75, 3.05) is 25.5 Å². The van der Waals surface area contributed by atoms with Crippen LogP contribution in [0.4, 0.5) is 11.4 Å². The molecule has 0 saturated carbocycles. The minimum Gasteiger partial charge on any atom is -0.393 e. The van der Waals surface area contributed by atoms with Gasteiger partial charge in [0.2, 0.25) is 0 Å². The van der Waals surface area contributed by atoms with Crippen molar-refractivity contribution < 1.29 is 10.0 Å². The van der Waals surface area contributed by atoms with E-state index in [1.807, 2.05) is 13.0 Å². The number of hydrogen-bond acceptors (Lipinski definition) is 5. The summed E-state index contributed by atoms with van der Waals surface area (Å²) in [6, 6.07) is 5.17. The average molecular weight is 279 g/mol. The largest absolute Gasteiger partial charge is 0.393 e. The van der Waals surface area contributed by atoms with Crippen molar-refractivity contribution in [3.05, 3.63) is 33.9 Å². The molecular weight excluding hydrogens is 258 g/mol. The van der Waals surface area contributed by atoms with Gasteiger partial charge in [0, 0.05) is 32.7 Å². The Morgan fingerprint density at radius 2 is 2.30 bits per heavy atom. The van der Waals surface area contributed by atoms with Crippen molar-refractivity contribution in [2.45, 2.75) is 26.0 Å². The molecular formula is C14H21N3O3. The molecule has 1 heterocycles. The predicted octanol–water partition coefficient (Wildman–Crippen LogP) is 1.84. The van der Waals surface area contributed by atoms with Crippen LogP contribution in [-0.4, -0.2) is 41.2 Å². The third-order valence-corrected chi connectivity index (χ3v) is 3.88. The molecule has 2 N–H and O–H groups in total. The smallest absolute Gasteiger partial charge is 0.292 e. The highest BCUT2D eigenvalue weighted by atomic mass is 16.6. The Balaban J connectivity index is 2.08. The fourth-order valence-corrected chi connectivity index (χ4v) is 2.66. The van der Waals surface area contributed by atoms with E-state index in [0.29, 0.717) is 5.69 Å². The van der Waals surface area contributed by atoms with E-state index in [-0.39, 0.29) is 22.6 Å². The number of nitrogens with one attached hydrogen (secondary N) is 1. The van der Waals surface area contributed by atoms with Gasteiger partial charge in [-0.25, -0.2) is 0 Å². The summed E-state index contributed by atoms with van der Waals surface area (Å²) in [5.74, 6) is 0.269. The van der Waals surface area contributed by atoms with Crippen molar-refractivity contribution in [1.82, 2.24) is 4.90 Å². The highest BCUT2D eigenvalue weighted by Crippen LogP contribution is 2.26. The predicted molar refractivity (Wildman–Crippen MR) is 77.7 cm³/mol. The van der Waals surface area contributed by atoms with Crippen LogP contribution in [-0.2, 0) is 6.54 Å². The minimum absolute atomic E-state index is 0.0960. The van der Waals surface area contributed by atoms with Crippen molar-refractivity contribution in [3.8, 4) is 0 Å². The third-order valence-electron chi connectivity index (χ3n) is 3.88. The number of hydrogen-bond donors (Lipinski definition) is 2. The van der Waals surface area contributed by atoms with Gasteiger partial charge in [-0.2, -0.15) is 0 Å². The first kappa shape index (κ1) is 14.7. The molecule has 1 aliphatic rings. The van der Waals surface area contributed by atoms with E-state index in [1.165, 1.54) is 0 Å². The van der Waals surface area contributed by atoms with Crippen LogP contribution in [0.1, 0.15) is 18.9 Å². The number of anilines is 1. The SMILES string of the molecule is CNc1cc(CN2CCC(O)C(C)C2)ccc1[N+](=O)[O-]. The quantitative estimate of drug-likeness (QED) is 0.649. The van der Waals surface area contributed by atoms with E-state index < -0.39 is 0 Å². The number of nitrogens with zero attached hydrogens (tertiary/aromatic N) is 2. The van der Waals surface area contributed by atoms with Gasteiger partial charge in [-0.1, -0.05) is 13.0 Å². The molecule has 110 valence electrons. The molecule has 1 saturated heterocycles. The fraction of sp³-hybridized carbons (Fsp3) is 0.571. The van der Waals surface area contributed by atoms with Crippen LogP contribution < -0.4 is 5.32 Å². The zero-order chi connectivity index (χ0) is 14.7. The molecule has 1 aromatic carbocycles. The monoisotopic (exact) mass is 279 g/mol. The average Bonchev–Trinajstić information content (AvgIpc) is 2.42. The lowest BCUT2D eigenvalue weighted by molar-refractivity contribution is -0.384. The first-order chi connectivity index (χ1) is 9.51. The van der Waals surface area contributed by atoms with Crippen LogP contribution in [0.25, 0.3) is 0 Å². The van der Waals surface area contributed by atoms with Crippen LogP contribution in [0, 0.1) is 16.0 Å². The number of benzene rings is 1. The van der Waals surface area contributed by atoms with E-state index >= 15 is 0 Å². The lowest BCUT2D eigenvalue weighted by atomic mass is 9.96. The lowest BCUT2D eigenvalue weighted by Gasteiger charge is -2.34. The molecule has 6 nitrogen and oxygen atoms in total. The maximum absolute atomic E-state index is 10.9. The first-order valence-corrected chi connectivity index (χ1v) is 6.86. The van der Waals surface area contributed by atoms with Gasteiger partial charge in [0.05, 0.1) is 11.0 Å². The molecule has 1 fully saturated rings. The molecule has 0 bridgehead atoms. The Bertz CT molecular complexity index is 493. The lowest BCUT2D eigenvalue weighted by Crippen LogP contribution is -2.41. The van der Waals surface area contributed by atoms with Crippen LogP contribution in [0.15, 0.2) is 18.2 Å². The van der Waals surface area contributed by atoms with Gasteiger partial charge in [0.1, 0.15) is 5.69 Å². The molecule has 2 atom stereocenters. The van der Waals surface area contributed by atoms with E-state index in [1.54, 1.807) is 19.2 Å². The molecule has 0 aliphatic carbocycles. The van der Waals surface area contributed by atoms with Gasteiger partial charge in [-0.15, -0.1) is 0 Å². The maximum Gasteiger partial charge on any atom is 0.292 e. The molecule has 0 amide bonds. The molecule has 1 aliphatic heterocycles. The number of likely N-dealkylation sites (tertiary alicyclic amines) is 1. The molecule has 2 unspecified atom stereocenters. The summed E-state index contributed by atoms with van der Waals surface area (Å²) in [4.78, 5) is 12.8. The van der Waals surface area contributed by atoms with Crippen LogP contribution in [0.5, 0.6) is 0 Å². The standard InChI is InChI=1S/C14H21N3O3/c1-10-8-16(6-5-14(10)18)9-11-3-4-13(17(19)20)12(7-11)15-2/h3-4,7,10,14-15,18H,5-6,8-9H2,1-2H3. The van der Waals surface area contributed by atoms with Gasteiger partial charge >= 0.3 is 0 Å². The molecule has 1 aromatic rings. The summed E-state index contributed by atoms with van der Waals surface area (Å²) < 4.78 is 0. The van der Waals surface area contributed by atoms with Gasteiger partial charge in [0.15, 0.2) is 0 Å². The van der Waals surface area contributed by atoms with Crippen molar-refractivity contribution in [2.24, 2.45) is 5.92 Å². The Morgan fingerprint density at radius 3 is 2.90 bits per heavy atom. The fourth-order valence-electron chi connectivity index (χ4n) is 2.66. The zero-order valence-corrected chi connectivity index (χ0v) is 11.9. The van der Waals surface area contributed by atoms with Gasteiger partial charge in [0.25, 0.3) is 5.69 Å².